The van der Waals surface area contributed by atoms with Crippen LogP contribution in [0.1, 0.15) is 37.2 Å². The first-order valence-corrected chi connectivity index (χ1v) is 7.50. The molecule has 0 radical (unpaired) electrons. The lowest BCUT2D eigenvalue weighted by molar-refractivity contribution is 0.373. The summed E-state index contributed by atoms with van der Waals surface area (Å²) in [5.41, 5.74) is 8.50. The molecule has 8 heteroatoms. The van der Waals surface area contributed by atoms with Gasteiger partial charge >= 0.3 is 0 Å². The largest absolute Gasteiger partial charge is 0.334 e. The molecule has 0 amide bonds. The summed E-state index contributed by atoms with van der Waals surface area (Å²) in [6.45, 7) is 1.94. The standard InChI is InChI=1S/C15H18N6O.ClH/c1-9-7-10(11-8-17-21(2)12(11)18-9)13-19-14(20-22-13)15(16)5-3-4-6-15;/h7-8H,3-6,16H2,1-2H3;1H. The smallest absolute Gasteiger partial charge is 0.258 e. The Labute approximate surface area is 139 Å². The average Bonchev–Trinajstić information content (AvgIpc) is 3.20. The molecule has 1 aliphatic rings. The number of halogens is 1. The van der Waals surface area contributed by atoms with Crippen molar-refractivity contribution in [2.45, 2.75) is 38.1 Å². The third kappa shape index (κ3) is 2.49. The summed E-state index contributed by atoms with van der Waals surface area (Å²) in [7, 11) is 1.87. The number of aryl methyl sites for hydroxylation is 2. The molecule has 0 atom stereocenters. The van der Waals surface area contributed by atoms with Gasteiger partial charge in [0, 0.05) is 12.7 Å². The number of hydrogen-bond acceptors (Lipinski definition) is 6. The van der Waals surface area contributed by atoms with Crippen LogP contribution in [0.2, 0.25) is 0 Å². The first kappa shape index (κ1) is 15.9. The highest BCUT2D eigenvalue weighted by molar-refractivity contribution is 5.90. The molecule has 0 aromatic carbocycles. The van der Waals surface area contributed by atoms with E-state index in [1.165, 1.54) is 0 Å². The summed E-state index contributed by atoms with van der Waals surface area (Å²) in [5.74, 6) is 1.08. The van der Waals surface area contributed by atoms with Crippen molar-refractivity contribution in [1.82, 2.24) is 24.9 Å². The van der Waals surface area contributed by atoms with E-state index in [1.807, 2.05) is 20.0 Å². The maximum Gasteiger partial charge on any atom is 0.258 e. The minimum absolute atomic E-state index is 0. The predicted octanol–water partition coefficient (Wildman–Crippen LogP) is 2.48. The number of nitrogens with zero attached hydrogens (tertiary/aromatic N) is 5. The summed E-state index contributed by atoms with van der Waals surface area (Å²) in [5, 5.41) is 9.29. The fourth-order valence-electron chi connectivity index (χ4n) is 3.18. The molecule has 23 heavy (non-hydrogen) atoms. The van der Waals surface area contributed by atoms with Crippen LogP contribution in [0, 0.1) is 6.92 Å². The van der Waals surface area contributed by atoms with E-state index < -0.39 is 5.54 Å². The van der Waals surface area contributed by atoms with Crippen molar-refractivity contribution in [3.05, 3.63) is 23.8 Å². The molecule has 3 aromatic heterocycles. The predicted molar refractivity (Wildman–Crippen MR) is 88.1 cm³/mol. The van der Waals surface area contributed by atoms with Gasteiger partial charge in [-0.1, -0.05) is 18.0 Å². The van der Waals surface area contributed by atoms with Crippen molar-refractivity contribution < 1.29 is 4.52 Å². The number of hydrogen-bond donors (Lipinski definition) is 1. The van der Waals surface area contributed by atoms with Crippen molar-refractivity contribution in [3.8, 4) is 11.5 Å². The molecule has 4 rings (SSSR count). The van der Waals surface area contributed by atoms with Crippen LogP contribution >= 0.6 is 12.4 Å². The van der Waals surface area contributed by atoms with Crippen LogP contribution in [-0.4, -0.2) is 24.9 Å². The monoisotopic (exact) mass is 334 g/mol. The van der Waals surface area contributed by atoms with Gasteiger partial charge in [0.1, 0.15) is 0 Å². The Bertz CT molecular complexity index is 849. The molecule has 0 spiro atoms. The molecule has 3 aromatic rings. The van der Waals surface area contributed by atoms with Gasteiger partial charge in [0.2, 0.25) is 0 Å². The second-order valence-corrected chi connectivity index (χ2v) is 6.10. The van der Waals surface area contributed by atoms with Crippen LogP contribution in [0.3, 0.4) is 0 Å². The Morgan fingerprint density at radius 1 is 1.26 bits per heavy atom. The number of nitrogens with two attached hydrogens (primary N) is 1. The van der Waals surface area contributed by atoms with Crippen LogP contribution in [0.4, 0.5) is 0 Å². The van der Waals surface area contributed by atoms with Gasteiger partial charge in [-0.05, 0) is 25.8 Å². The molecule has 0 saturated heterocycles. The van der Waals surface area contributed by atoms with Gasteiger partial charge < -0.3 is 10.3 Å². The minimum atomic E-state index is -0.447. The minimum Gasteiger partial charge on any atom is -0.334 e. The Morgan fingerprint density at radius 3 is 2.74 bits per heavy atom. The zero-order valence-corrected chi connectivity index (χ0v) is 13.9. The van der Waals surface area contributed by atoms with Gasteiger partial charge in [-0.25, -0.2) is 4.98 Å². The van der Waals surface area contributed by atoms with Crippen LogP contribution in [0.15, 0.2) is 16.8 Å². The van der Waals surface area contributed by atoms with E-state index in [9.17, 15) is 0 Å². The van der Waals surface area contributed by atoms with E-state index in [-0.39, 0.29) is 12.4 Å². The zero-order chi connectivity index (χ0) is 15.3. The lowest BCUT2D eigenvalue weighted by Gasteiger charge is -2.17. The molecule has 0 aliphatic heterocycles. The van der Waals surface area contributed by atoms with Crippen LogP contribution in [0.25, 0.3) is 22.5 Å². The van der Waals surface area contributed by atoms with Gasteiger partial charge in [-0.3, -0.25) is 4.68 Å². The van der Waals surface area contributed by atoms with Gasteiger partial charge in [0.15, 0.2) is 11.5 Å². The number of pyridine rings is 1. The molecule has 1 aliphatic carbocycles. The Kier molecular flexibility index (Phi) is 3.85. The van der Waals surface area contributed by atoms with Crippen LogP contribution in [0.5, 0.6) is 0 Å². The molecule has 3 heterocycles. The fraction of sp³-hybridized carbons (Fsp3) is 0.467. The molecular weight excluding hydrogens is 316 g/mol. The Balaban J connectivity index is 0.00000156. The molecule has 7 nitrogen and oxygen atoms in total. The SMILES string of the molecule is Cc1cc(-c2nc(C3(N)CCCC3)no2)c2cnn(C)c2n1.Cl. The first-order chi connectivity index (χ1) is 10.6. The number of aromatic nitrogens is 5. The van der Waals surface area contributed by atoms with Crippen molar-refractivity contribution >= 4 is 23.4 Å². The van der Waals surface area contributed by atoms with Crippen LogP contribution in [-0.2, 0) is 12.6 Å². The van der Waals surface area contributed by atoms with Crippen molar-refractivity contribution in [3.63, 3.8) is 0 Å². The lowest BCUT2D eigenvalue weighted by atomic mass is 9.98. The van der Waals surface area contributed by atoms with E-state index >= 15 is 0 Å². The van der Waals surface area contributed by atoms with E-state index in [0.717, 1.165) is 48.0 Å². The third-order valence-electron chi connectivity index (χ3n) is 4.43. The highest BCUT2D eigenvalue weighted by Gasteiger charge is 2.36. The summed E-state index contributed by atoms with van der Waals surface area (Å²) < 4.78 is 7.24. The van der Waals surface area contributed by atoms with Gasteiger partial charge in [-0.15, -0.1) is 12.4 Å². The summed E-state index contributed by atoms with van der Waals surface area (Å²) in [4.78, 5) is 9.07. The quantitative estimate of drug-likeness (QED) is 0.773. The molecule has 1 saturated carbocycles. The topological polar surface area (TPSA) is 95.6 Å². The highest BCUT2D eigenvalue weighted by atomic mass is 35.5. The molecule has 122 valence electrons. The second kappa shape index (κ2) is 5.58. The number of rotatable bonds is 2. The van der Waals surface area contributed by atoms with Crippen molar-refractivity contribution in [2.24, 2.45) is 12.8 Å². The van der Waals surface area contributed by atoms with E-state index in [0.29, 0.717) is 11.7 Å². The summed E-state index contributed by atoms with van der Waals surface area (Å²) in [6.07, 6.45) is 5.81. The van der Waals surface area contributed by atoms with Crippen molar-refractivity contribution in [2.75, 3.05) is 0 Å². The lowest BCUT2D eigenvalue weighted by Crippen LogP contribution is -2.34. The number of fused-ring (bicyclic) bond motifs is 1. The van der Waals surface area contributed by atoms with E-state index in [4.69, 9.17) is 10.3 Å². The third-order valence-corrected chi connectivity index (χ3v) is 4.43. The van der Waals surface area contributed by atoms with E-state index in [1.54, 1.807) is 10.9 Å². The molecule has 0 bridgehead atoms. The second-order valence-electron chi connectivity index (χ2n) is 6.10. The Morgan fingerprint density at radius 2 is 2.00 bits per heavy atom. The average molecular weight is 335 g/mol. The molecule has 1 fully saturated rings. The molecule has 2 N–H and O–H groups in total. The highest BCUT2D eigenvalue weighted by Crippen LogP contribution is 2.36. The first-order valence-electron chi connectivity index (χ1n) is 7.50. The van der Waals surface area contributed by atoms with E-state index in [2.05, 4.69) is 20.2 Å². The van der Waals surface area contributed by atoms with Gasteiger partial charge in [-0.2, -0.15) is 10.1 Å². The molecule has 0 unspecified atom stereocenters. The maximum atomic E-state index is 6.40. The van der Waals surface area contributed by atoms with Gasteiger partial charge in [0.25, 0.3) is 5.89 Å². The van der Waals surface area contributed by atoms with Crippen molar-refractivity contribution in [1.29, 1.82) is 0 Å². The summed E-state index contributed by atoms with van der Waals surface area (Å²) >= 11 is 0. The normalized spacial score (nSPS) is 16.7. The van der Waals surface area contributed by atoms with Crippen LogP contribution < -0.4 is 5.73 Å². The fourth-order valence-corrected chi connectivity index (χ4v) is 3.18. The Hall–Kier alpha value is -1.99. The maximum absolute atomic E-state index is 6.40. The van der Waals surface area contributed by atoms with Gasteiger partial charge in [0.05, 0.1) is 22.7 Å². The summed E-state index contributed by atoms with van der Waals surface area (Å²) in [6, 6.07) is 1.94. The zero-order valence-electron chi connectivity index (χ0n) is 13.1. The molecular formula is C15H19ClN6O.